The molecular formula is C27H40N4O2. The Morgan fingerprint density at radius 1 is 1.21 bits per heavy atom. The number of nitrogens with zero attached hydrogens (tertiary/aromatic N) is 3. The van der Waals surface area contributed by atoms with Gasteiger partial charge in [0, 0.05) is 37.8 Å². The first-order valence-corrected chi connectivity index (χ1v) is 12.1. The summed E-state index contributed by atoms with van der Waals surface area (Å²) in [6, 6.07) is 4.66. The van der Waals surface area contributed by atoms with Crippen molar-refractivity contribution in [2.24, 2.45) is 23.9 Å². The minimum atomic E-state index is -0.0373. The van der Waals surface area contributed by atoms with E-state index in [1.807, 2.05) is 24.7 Å². The summed E-state index contributed by atoms with van der Waals surface area (Å²) in [5, 5.41) is 3.35. The second-order valence-electron chi connectivity index (χ2n) is 10.4. The molecule has 2 aliphatic rings. The van der Waals surface area contributed by atoms with Crippen LogP contribution < -0.4 is 5.32 Å². The van der Waals surface area contributed by atoms with E-state index in [2.05, 4.69) is 62.0 Å². The monoisotopic (exact) mass is 452 g/mol. The Morgan fingerprint density at radius 3 is 2.42 bits per heavy atom. The molecule has 0 spiro atoms. The number of hydrogen-bond acceptors (Lipinski definition) is 5. The van der Waals surface area contributed by atoms with Gasteiger partial charge < -0.3 is 14.6 Å². The number of benzene rings is 1. The Kier molecular flexibility index (Phi) is 7.98. The van der Waals surface area contributed by atoms with Gasteiger partial charge in [-0.25, -0.2) is 4.98 Å². The standard InChI is InChI=1S/C16H24N2.C11H16N2O2/c1-11-8-13(16(3,4)5)9-12(2)14(11)10-15-17-6-7-18-15;1-3-10-8(6-15-11(10)14)4-9-5-12-7-13(9)2/h8-9H,6-7,10H2,1-5H3,(H,17,18);5,7-8,10H,3-4,6H2,1-2H3/t;8-,10-/m.0/s1. The molecule has 3 heterocycles. The summed E-state index contributed by atoms with van der Waals surface area (Å²) >= 11 is 0. The van der Waals surface area contributed by atoms with Gasteiger partial charge in [-0.3, -0.25) is 9.79 Å². The number of aliphatic imine (C=N–C) groups is 1. The molecule has 33 heavy (non-hydrogen) atoms. The van der Waals surface area contributed by atoms with Crippen molar-refractivity contribution in [3.8, 4) is 0 Å². The third-order valence-corrected chi connectivity index (χ3v) is 6.79. The van der Waals surface area contributed by atoms with Crippen LogP contribution in [0.4, 0.5) is 0 Å². The molecule has 1 N–H and O–H groups in total. The number of rotatable bonds is 5. The second-order valence-corrected chi connectivity index (χ2v) is 10.4. The normalized spacial score (nSPS) is 20.1. The van der Waals surface area contributed by atoms with Crippen molar-refractivity contribution >= 4 is 11.8 Å². The lowest BCUT2D eigenvalue weighted by molar-refractivity contribution is -0.141. The predicted octanol–water partition coefficient (Wildman–Crippen LogP) is 4.31. The van der Waals surface area contributed by atoms with Gasteiger partial charge in [-0.05, 0) is 54.4 Å². The molecule has 6 heteroatoms. The summed E-state index contributed by atoms with van der Waals surface area (Å²) in [7, 11) is 1.97. The number of esters is 1. The molecule has 180 valence electrons. The Hall–Kier alpha value is -2.63. The van der Waals surface area contributed by atoms with E-state index in [1.54, 1.807) is 6.33 Å². The lowest BCUT2D eigenvalue weighted by Gasteiger charge is -2.22. The van der Waals surface area contributed by atoms with Crippen LogP contribution in [0.25, 0.3) is 0 Å². The smallest absolute Gasteiger partial charge is 0.309 e. The average molecular weight is 453 g/mol. The quantitative estimate of drug-likeness (QED) is 0.687. The van der Waals surface area contributed by atoms with Gasteiger partial charge in [0.1, 0.15) is 5.84 Å². The van der Waals surface area contributed by atoms with Crippen molar-refractivity contribution in [1.82, 2.24) is 14.9 Å². The van der Waals surface area contributed by atoms with Gasteiger partial charge in [-0.15, -0.1) is 0 Å². The SMILES string of the molecule is CC[C@@H]1C(=O)OC[C@@H]1Cc1cncn1C.Cc1cc(C(C)(C)C)cc(C)c1CC1=NCCN1. The number of amidine groups is 1. The van der Waals surface area contributed by atoms with Crippen molar-refractivity contribution in [1.29, 1.82) is 0 Å². The highest BCUT2D eigenvalue weighted by Crippen LogP contribution is 2.28. The Morgan fingerprint density at radius 2 is 1.91 bits per heavy atom. The van der Waals surface area contributed by atoms with Gasteiger partial charge in [-0.2, -0.15) is 0 Å². The van der Waals surface area contributed by atoms with Crippen LogP contribution in [0.15, 0.2) is 29.6 Å². The highest BCUT2D eigenvalue weighted by Gasteiger charge is 2.35. The summed E-state index contributed by atoms with van der Waals surface area (Å²) in [6.07, 6.45) is 6.33. The van der Waals surface area contributed by atoms with Crippen molar-refractivity contribution in [2.45, 2.75) is 66.2 Å². The van der Waals surface area contributed by atoms with Crippen LogP contribution in [-0.4, -0.2) is 41.1 Å². The molecule has 2 atom stereocenters. The van der Waals surface area contributed by atoms with E-state index < -0.39 is 0 Å². The number of aromatic nitrogens is 2. The van der Waals surface area contributed by atoms with E-state index in [0.717, 1.165) is 43.9 Å². The summed E-state index contributed by atoms with van der Waals surface area (Å²) in [4.78, 5) is 19.9. The zero-order chi connectivity index (χ0) is 24.2. The summed E-state index contributed by atoms with van der Waals surface area (Å²) < 4.78 is 7.08. The summed E-state index contributed by atoms with van der Waals surface area (Å²) in [5.41, 5.74) is 7.00. The van der Waals surface area contributed by atoms with E-state index >= 15 is 0 Å². The second kappa shape index (κ2) is 10.5. The predicted molar refractivity (Wildman–Crippen MR) is 134 cm³/mol. The van der Waals surface area contributed by atoms with Gasteiger partial charge in [0.25, 0.3) is 0 Å². The van der Waals surface area contributed by atoms with Gasteiger partial charge in [-0.1, -0.05) is 39.8 Å². The van der Waals surface area contributed by atoms with Crippen LogP contribution in [0.2, 0.25) is 0 Å². The first-order valence-electron chi connectivity index (χ1n) is 12.1. The molecule has 1 aromatic carbocycles. The summed E-state index contributed by atoms with van der Waals surface area (Å²) in [6.45, 7) is 15.7. The fourth-order valence-corrected chi connectivity index (χ4v) is 4.59. The zero-order valence-electron chi connectivity index (χ0n) is 21.4. The highest BCUT2D eigenvalue weighted by atomic mass is 16.5. The van der Waals surface area contributed by atoms with Gasteiger partial charge in [0.2, 0.25) is 0 Å². The molecule has 0 radical (unpaired) electrons. The van der Waals surface area contributed by atoms with Crippen molar-refractivity contribution in [3.05, 3.63) is 52.6 Å². The molecule has 0 saturated carbocycles. The molecule has 1 fully saturated rings. The van der Waals surface area contributed by atoms with Gasteiger partial charge in [0.15, 0.2) is 0 Å². The Labute approximate surface area is 198 Å². The molecule has 0 unspecified atom stereocenters. The van der Waals surface area contributed by atoms with E-state index in [9.17, 15) is 4.79 Å². The maximum absolute atomic E-state index is 11.4. The lowest BCUT2D eigenvalue weighted by Crippen LogP contribution is -2.22. The number of carbonyl (C=O) groups excluding carboxylic acids is 1. The van der Waals surface area contributed by atoms with Crippen molar-refractivity contribution in [3.63, 3.8) is 0 Å². The van der Waals surface area contributed by atoms with Gasteiger partial charge >= 0.3 is 5.97 Å². The van der Waals surface area contributed by atoms with Crippen molar-refractivity contribution < 1.29 is 9.53 Å². The molecule has 1 aromatic heterocycles. The number of aryl methyl sites for hydroxylation is 3. The largest absolute Gasteiger partial charge is 0.465 e. The minimum absolute atomic E-state index is 0.0373. The fourth-order valence-electron chi connectivity index (χ4n) is 4.59. The summed E-state index contributed by atoms with van der Waals surface area (Å²) in [5.74, 6) is 1.49. The number of cyclic esters (lactones) is 1. The molecule has 0 amide bonds. The van der Waals surface area contributed by atoms with E-state index in [-0.39, 0.29) is 17.3 Å². The lowest BCUT2D eigenvalue weighted by atomic mass is 9.83. The van der Waals surface area contributed by atoms with Crippen LogP contribution in [-0.2, 0) is 34.8 Å². The first-order chi connectivity index (χ1) is 15.6. The molecule has 4 rings (SSSR count). The molecular weight excluding hydrogens is 412 g/mol. The van der Waals surface area contributed by atoms with Crippen LogP contribution >= 0.6 is 0 Å². The van der Waals surface area contributed by atoms with E-state index in [0.29, 0.717) is 12.5 Å². The molecule has 0 bridgehead atoms. The van der Waals surface area contributed by atoms with Crippen LogP contribution in [0.5, 0.6) is 0 Å². The Bertz CT molecular complexity index is 977. The van der Waals surface area contributed by atoms with Crippen LogP contribution in [0.1, 0.15) is 62.1 Å². The topological polar surface area (TPSA) is 68.5 Å². The minimum Gasteiger partial charge on any atom is -0.465 e. The van der Waals surface area contributed by atoms with E-state index in [1.165, 1.54) is 22.3 Å². The number of nitrogens with one attached hydrogen (secondary N) is 1. The van der Waals surface area contributed by atoms with Crippen LogP contribution in [0.3, 0.4) is 0 Å². The highest BCUT2D eigenvalue weighted by molar-refractivity contribution is 5.86. The fraction of sp³-hybridized carbons (Fsp3) is 0.593. The molecule has 1 saturated heterocycles. The zero-order valence-corrected chi connectivity index (χ0v) is 21.4. The first kappa shape index (κ1) is 25.0. The van der Waals surface area contributed by atoms with E-state index in [4.69, 9.17) is 4.74 Å². The number of carbonyl (C=O) groups is 1. The average Bonchev–Trinajstić information content (AvgIpc) is 3.48. The van der Waals surface area contributed by atoms with Crippen molar-refractivity contribution in [2.75, 3.05) is 19.7 Å². The number of imidazole rings is 1. The molecule has 2 aromatic rings. The number of ether oxygens (including phenoxy) is 1. The maximum Gasteiger partial charge on any atom is 0.309 e. The third kappa shape index (κ3) is 6.24. The Balaban J connectivity index is 0.000000189. The van der Waals surface area contributed by atoms with Gasteiger partial charge in [0.05, 0.1) is 25.4 Å². The molecule has 0 aliphatic carbocycles. The third-order valence-electron chi connectivity index (χ3n) is 6.79. The van der Waals surface area contributed by atoms with Crippen LogP contribution in [0, 0.1) is 25.7 Å². The number of hydrogen-bond donors (Lipinski definition) is 1. The molecule has 6 nitrogen and oxygen atoms in total. The maximum atomic E-state index is 11.4. The molecule has 2 aliphatic heterocycles.